The zero-order valence-electron chi connectivity index (χ0n) is 9.10. The van der Waals surface area contributed by atoms with Gasteiger partial charge in [-0.05, 0) is 30.7 Å². The molecule has 0 saturated carbocycles. The number of hydrogen-bond acceptors (Lipinski definition) is 4. The van der Waals surface area contributed by atoms with Crippen LogP contribution >= 0.6 is 11.8 Å². The van der Waals surface area contributed by atoms with E-state index in [1.165, 1.54) is 6.33 Å². The first-order valence-electron chi connectivity index (χ1n) is 5.25. The normalized spacial score (nSPS) is 10.3. The van der Waals surface area contributed by atoms with Gasteiger partial charge in [-0.1, -0.05) is 18.7 Å². The average Bonchev–Trinajstić information content (AvgIpc) is 2.81. The second-order valence-corrected chi connectivity index (χ2v) is 4.41. The molecule has 16 heavy (non-hydrogen) atoms. The summed E-state index contributed by atoms with van der Waals surface area (Å²) >= 11 is 1.57. The van der Waals surface area contributed by atoms with Gasteiger partial charge in [-0.25, -0.2) is 4.98 Å². The van der Waals surface area contributed by atoms with E-state index in [4.69, 9.17) is 0 Å². The van der Waals surface area contributed by atoms with Crippen molar-refractivity contribution >= 4 is 17.4 Å². The van der Waals surface area contributed by atoms with Crippen molar-refractivity contribution in [3.63, 3.8) is 0 Å². The summed E-state index contributed by atoms with van der Waals surface area (Å²) < 4.78 is 0. The Morgan fingerprint density at radius 3 is 2.75 bits per heavy atom. The van der Waals surface area contributed by atoms with Gasteiger partial charge >= 0.3 is 0 Å². The lowest BCUT2D eigenvalue weighted by atomic mass is 10.3. The van der Waals surface area contributed by atoms with Gasteiger partial charge < -0.3 is 5.32 Å². The van der Waals surface area contributed by atoms with Crippen LogP contribution in [-0.4, -0.2) is 21.7 Å². The maximum absolute atomic E-state index is 4.06. The smallest absolute Gasteiger partial charge is 0.188 e. The summed E-state index contributed by atoms with van der Waals surface area (Å²) in [5, 5.41) is 10.8. The molecule has 1 aromatic heterocycles. The van der Waals surface area contributed by atoms with Crippen LogP contribution in [0.15, 0.2) is 40.6 Å². The Kier molecular flexibility index (Phi) is 3.82. The fraction of sp³-hybridized carbons (Fsp3) is 0.273. The molecule has 2 rings (SSSR count). The molecule has 4 nitrogen and oxygen atoms in total. The van der Waals surface area contributed by atoms with E-state index in [-0.39, 0.29) is 0 Å². The monoisotopic (exact) mass is 234 g/mol. The van der Waals surface area contributed by atoms with Crippen molar-refractivity contribution in [1.82, 2.24) is 15.2 Å². The Morgan fingerprint density at radius 2 is 2.12 bits per heavy atom. The lowest BCUT2D eigenvalue weighted by Gasteiger charge is -2.04. The van der Waals surface area contributed by atoms with Crippen molar-refractivity contribution in [3.05, 3.63) is 30.6 Å². The van der Waals surface area contributed by atoms with Crippen LogP contribution in [0.3, 0.4) is 0 Å². The molecule has 2 N–H and O–H groups in total. The molecule has 0 unspecified atom stereocenters. The standard InChI is InChI=1S/C11H14N4S/c1-2-7-12-9-3-5-10(6-4-9)16-11-13-8-14-15-11/h3-6,8,12H,2,7H2,1H3,(H,13,14,15). The van der Waals surface area contributed by atoms with Gasteiger partial charge in [0.25, 0.3) is 0 Å². The number of nitrogens with one attached hydrogen (secondary N) is 2. The molecule has 1 heterocycles. The van der Waals surface area contributed by atoms with Crippen LogP contribution in [0.4, 0.5) is 5.69 Å². The highest BCUT2D eigenvalue weighted by Crippen LogP contribution is 2.24. The predicted molar refractivity (Wildman–Crippen MR) is 65.7 cm³/mol. The van der Waals surface area contributed by atoms with Crippen LogP contribution in [0, 0.1) is 0 Å². The van der Waals surface area contributed by atoms with Crippen LogP contribution in [0.5, 0.6) is 0 Å². The summed E-state index contributed by atoms with van der Waals surface area (Å²) in [4.78, 5) is 5.22. The number of nitrogens with zero attached hydrogens (tertiary/aromatic N) is 2. The Bertz CT molecular complexity index is 410. The first-order valence-corrected chi connectivity index (χ1v) is 6.07. The van der Waals surface area contributed by atoms with Crippen molar-refractivity contribution < 1.29 is 0 Å². The molecule has 1 aromatic carbocycles. The van der Waals surface area contributed by atoms with Gasteiger partial charge in [0.05, 0.1) is 0 Å². The highest BCUT2D eigenvalue weighted by atomic mass is 32.2. The molecule has 5 heteroatoms. The van der Waals surface area contributed by atoms with E-state index in [9.17, 15) is 0 Å². The quantitative estimate of drug-likeness (QED) is 0.835. The Hall–Kier alpha value is -1.49. The molecular formula is C11H14N4S. The second-order valence-electron chi connectivity index (χ2n) is 3.34. The summed E-state index contributed by atoms with van der Waals surface area (Å²) in [5.41, 5.74) is 1.16. The minimum Gasteiger partial charge on any atom is -0.385 e. The van der Waals surface area contributed by atoms with Gasteiger partial charge in [0.15, 0.2) is 5.16 Å². The molecule has 0 aliphatic heterocycles. The molecular weight excluding hydrogens is 220 g/mol. The minimum absolute atomic E-state index is 0.814. The molecule has 0 atom stereocenters. The SMILES string of the molecule is CCCNc1ccc(Sc2ncn[nH]2)cc1. The van der Waals surface area contributed by atoms with Crippen molar-refractivity contribution in [1.29, 1.82) is 0 Å². The van der Waals surface area contributed by atoms with E-state index >= 15 is 0 Å². The number of rotatable bonds is 5. The van der Waals surface area contributed by atoms with E-state index in [0.717, 1.165) is 28.7 Å². The number of aromatic nitrogens is 3. The van der Waals surface area contributed by atoms with Gasteiger partial charge in [0, 0.05) is 17.1 Å². The number of aromatic amines is 1. The molecule has 84 valence electrons. The van der Waals surface area contributed by atoms with Gasteiger partial charge in [-0.2, -0.15) is 5.10 Å². The molecule has 0 spiro atoms. The molecule has 2 aromatic rings. The molecule has 0 aliphatic carbocycles. The number of anilines is 1. The van der Waals surface area contributed by atoms with Crippen molar-refractivity contribution in [2.45, 2.75) is 23.4 Å². The predicted octanol–water partition coefficient (Wildman–Crippen LogP) is 2.78. The minimum atomic E-state index is 0.814. The van der Waals surface area contributed by atoms with E-state index in [1.807, 2.05) is 0 Å². The zero-order valence-corrected chi connectivity index (χ0v) is 9.92. The summed E-state index contributed by atoms with van der Waals surface area (Å²) in [6.07, 6.45) is 2.65. The summed E-state index contributed by atoms with van der Waals surface area (Å²) in [6, 6.07) is 8.30. The van der Waals surface area contributed by atoms with Gasteiger partial charge in [0.2, 0.25) is 0 Å². The highest BCUT2D eigenvalue weighted by Gasteiger charge is 1.99. The topological polar surface area (TPSA) is 53.6 Å². The molecule has 0 amide bonds. The van der Waals surface area contributed by atoms with Crippen LogP contribution < -0.4 is 5.32 Å². The number of hydrogen-bond donors (Lipinski definition) is 2. The molecule has 0 radical (unpaired) electrons. The molecule has 0 aliphatic rings. The average molecular weight is 234 g/mol. The van der Waals surface area contributed by atoms with Gasteiger partial charge in [-0.15, -0.1) is 0 Å². The van der Waals surface area contributed by atoms with E-state index in [1.54, 1.807) is 11.8 Å². The van der Waals surface area contributed by atoms with Crippen molar-refractivity contribution in [3.8, 4) is 0 Å². The third-order valence-corrected chi connectivity index (χ3v) is 2.94. The Balaban J connectivity index is 1.96. The maximum Gasteiger partial charge on any atom is 0.188 e. The van der Waals surface area contributed by atoms with Crippen molar-refractivity contribution in [2.24, 2.45) is 0 Å². The number of benzene rings is 1. The Morgan fingerprint density at radius 1 is 1.31 bits per heavy atom. The Labute approximate surface area is 98.9 Å². The van der Waals surface area contributed by atoms with Crippen LogP contribution in [0.25, 0.3) is 0 Å². The third-order valence-electron chi connectivity index (χ3n) is 2.04. The fourth-order valence-electron chi connectivity index (χ4n) is 1.27. The van der Waals surface area contributed by atoms with Crippen LogP contribution in [-0.2, 0) is 0 Å². The van der Waals surface area contributed by atoms with E-state index in [0.29, 0.717) is 0 Å². The molecule has 0 bridgehead atoms. The van der Waals surface area contributed by atoms with Gasteiger partial charge in [0.1, 0.15) is 6.33 Å². The van der Waals surface area contributed by atoms with Crippen LogP contribution in [0.1, 0.15) is 13.3 Å². The van der Waals surface area contributed by atoms with E-state index in [2.05, 4.69) is 51.7 Å². The molecule has 0 saturated heterocycles. The zero-order chi connectivity index (χ0) is 11.2. The lowest BCUT2D eigenvalue weighted by molar-refractivity contribution is 0.972. The number of H-pyrrole nitrogens is 1. The third kappa shape index (κ3) is 3.00. The first-order chi connectivity index (χ1) is 7.88. The van der Waals surface area contributed by atoms with Crippen LogP contribution in [0.2, 0.25) is 0 Å². The second kappa shape index (κ2) is 5.55. The highest BCUT2D eigenvalue weighted by molar-refractivity contribution is 7.99. The van der Waals surface area contributed by atoms with Gasteiger partial charge in [-0.3, -0.25) is 5.10 Å². The summed E-state index contributed by atoms with van der Waals surface area (Å²) in [6.45, 7) is 3.16. The maximum atomic E-state index is 4.06. The summed E-state index contributed by atoms with van der Waals surface area (Å²) in [5.74, 6) is 0. The van der Waals surface area contributed by atoms with Crippen molar-refractivity contribution in [2.75, 3.05) is 11.9 Å². The largest absolute Gasteiger partial charge is 0.385 e. The fourth-order valence-corrected chi connectivity index (χ4v) is 1.96. The lowest BCUT2D eigenvalue weighted by Crippen LogP contribution is -1.98. The molecule has 0 fully saturated rings. The first kappa shape index (κ1) is 11.0. The van der Waals surface area contributed by atoms with E-state index < -0.39 is 0 Å². The summed E-state index contributed by atoms with van der Waals surface area (Å²) in [7, 11) is 0.